The van der Waals surface area contributed by atoms with Crippen molar-refractivity contribution >= 4 is 17.7 Å². The van der Waals surface area contributed by atoms with E-state index in [9.17, 15) is 4.79 Å². The predicted molar refractivity (Wildman–Crippen MR) is 107 cm³/mol. The summed E-state index contributed by atoms with van der Waals surface area (Å²) in [6.07, 6.45) is 1.85. The quantitative estimate of drug-likeness (QED) is 0.607. The van der Waals surface area contributed by atoms with Crippen molar-refractivity contribution in [3.8, 4) is 5.69 Å². The summed E-state index contributed by atoms with van der Waals surface area (Å²) in [4.78, 5) is 12.3. The summed E-state index contributed by atoms with van der Waals surface area (Å²) in [6.45, 7) is 4.04. The molecule has 1 aromatic heterocycles. The number of tetrazole rings is 1. The number of aryl methyl sites for hydroxylation is 2. The zero-order chi connectivity index (χ0) is 19.1. The van der Waals surface area contributed by atoms with Crippen LogP contribution in [0.1, 0.15) is 24.5 Å². The Hall–Kier alpha value is -2.67. The van der Waals surface area contributed by atoms with Crippen LogP contribution in [0.5, 0.6) is 0 Å². The normalized spacial score (nSPS) is 11.9. The third-order valence-corrected chi connectivity index (χ3v) is 5.15. The molecule has 0 saturated heterocycles. The van der Waals surface area contributed by atoms with Crippen molar-refractivity contribution < 1.29 is 4.79 Å². The van der Waals surface area contributed by atoms with Crippen LogP contribution in [0.2, 0.25) is 0 Å². The van der Waals surface area contributed by atoms with Crippen LogP contribution in [0.25, 0.3) is 5.69 Å². The molecule has 0 aliphatic heterocycles. The molecule has 0 saturated carbocycles. The first-order chi connectivity index (χ1) is 13.1. The second-order valence-electron chi connectivity index (χ2n) is 6.44. The van der Waals surface area contributed by atoms with E-state index in [2.05, 4.69) is 33.0 Å². The Morgan fingerprint density at radius 2 is 1.89 bits per heavy atom. The van der Waals surface area contributed by atoms with Gasteiger partial charge < -0.3 is 5.32 Å². The van der Waals surface area contributed by atoms with E-state index in [-0.39, 0.29) is 17.7 Å². The molecule has 7 heteroatoms. The predicted octanol–water partition coefficient (Wildman–Crippen LogP) is 3.20. The second kappa shape index (κ2) is 9.32. The Morgan fingerprint density at radius 3 is 2.67 bits per heavy atom. The first kappa shape index (κ1) is 19.1. The van der Waals surface area contributed by atoms with Crippen molar-refractivity contribution in [1.82, 2.24) is 25.5 Å². The molecule has 27 heavy (non-hydrogen) atoms. The molecule has 1 N–H and O–H groups in total. The van der Waals surface area contributed by atoms with Crippen LogP contribution < -0.4 is 5.32 Å². The molecule has 2 aromatic carbocycles. The van der Waals surface area contributed by atoms with Crippen molar-refractivity contribution in [3.63, 3.8) is 0 Å². The zero-order valence-electron chi connectivity index (χ0n) is 15.5. The van der Waals surface area contributed by atoms with Gasteiger partial charge in [-0.1, -0.05) is 60.3 Å². The van der Waals surface area contributed by atoms with Crippen LogP contribution in [0.4, 0.5) is 0 Å². The van der Waals surface area contributed by atoms with Gasteiger partial charge in [0.05, 0.1) is 11.4 Å². The van der Waals surface area contributed by atoms with Gasteiger partial charge in [-0.05, 0) is 54.3 Å². The van der Waals surface area contributed by atoms with Crippen molar-refractivity contribution in [2.75, 3.05) is 5.75 Å². The SMILES string of the molecule is Cc1ccccc1-n1nnnc1SCC(=O)N[C@H](C)CCc1ccccc1. The van der Waals surface area contributed by atoms with Crippen LogP contribution in [0.3, 0.4) is 0 Å². The molecule has 6 nitrogen and oxygen atoms in total. The number of para-hydroxylation sites is 1. The fourth-order valence-electron chi connectivity index (χ4n) is 2.77. The van der Waals surface area contributed by atoms with Crippen LogP contribution in [0, 0.1) is 6.92 Å². The van der Waals surface area contributed by atoms with E-state index in [0.29, 0.717) is 5.16 Å². The van der Waals surface area contributed by atoms with Crippen LogP contribution in [-0.2, 0) is 11.2 Å². The number of aromatic nitrogens is 4. The van der Waals surface area contributed by atoms with Gasteiger partial charge in [0.1, 0.15) is 0 Å². The number of thioether (sulfide) groups is 1. The highest BCUT2D eigenvalue weighted by Crippen LogP contribution is 2.20. The molecule has 0 aliphatic carbocycles. The van der Waals surface area contributed by atoms with E-state index in [1.165, 1.54) is 17.3 Å². The van der Waals surface area contributed by atoms with Gasteiger partial charge >= 0.3 is 0 Å². The van der Waals surface area contributed by atoms with Gasteiger partial charge in [-0.2, -0.15) is 4.68 Å². The standard InChI is InChI=1S/C20H23N5OS/c1-15-8-6-7-11-18(15)25-20(22-23-24-25)27-14-19(26)21-16(2)12-13-17-9-4-3-5-10-17/h3-11,16H,12-14H2,1-2H3,(H,21,26)/t16-/m1/s1. The molecule has 3 aromatic rings. The lowest BCUT2D eigenvalue weighted by atomic mass is 10.1. The van der Waals surface area contributed by atoms with Gasteiger partial charge in [0.2, 0.25) is 11.1 Å². The van der Waals surface area contributed by atoms with Crippen LogP contribution in [-0.4, -0.2) is 37.9 Å². The van der Waals surface area contributed by atoms with Gasteiger partial charge in [-0.15, -0.1) is 5.10 Å². The monoisotopic (exact) mass is 381 g/mol. The first-order valence-corrected chi connectivity index (χ1v) is 9.92. The number of benzene rings is 2. The number of rotatable bonds is 8. The average molecular weight is 382 g/mol. The van der Waals surface area contributed by atoms with Crippen molar-refractivity contribution in [3.05, 3.63) is 65.7 Å². The smallest absolute Gasteiger partial charge is 0.230 e. The Bertz CT molecular complexity index is 881. The number of amides is 1. The van der Waals surface area contributed by atoms with Crippen LogP contribution in [0.15, 0.2) is 59.8 Å². The maximum atomic E-state index is 12.3. The fourth-order valence-corrected chi connectivity index (χ4v) is 3.46. The molecule has 0 bridgehead atoms. The Balaban J connectivity index is 1.50. The summed E-state index contributed by atoms with van der Waals surface area (Å²) in [6, 6.07) is 18.3. The molecule has 0 aliphatic rings. The lowest BCUT2D eigenvalue weighted by molar-refractivity contribution is -0.119. The third kappa shape index (κ3) is 5.40. The summed E-state index contributed by atoms with van der Waals surface area (Å²) in [5.74, 6) is 0.266. The summed E-state index contributed by atoms with van der Waals surface area (Å²) < 4.78 is 1.67. The highest BCUT2D eigenvalue weighted by Gasteiger charge is 2.14. The number of nitrogens with zero attached hydrogens (tertiary/aromatic N) is 4. The van der Waals surface area contributed by atoms with E-state index in [0.717, 1.165) is 24.1 Å². The first-order valence-electron chi connectivity index (χ1n) is 8.94. The van der Waals surface area contributed by atoms with Crippen molar-refractivity contribution in [1.29, 1.82) is 0 Å². The number of hydrogen-bond donors (Lipinski definition) is 1. The maximum Gasteiger partial charge on any atom is 0.230 e. The second-order valence-corrected chi connectivity index (χ2v) is 7.38. The fraction of sp³-hybridized carbons (Fsp3) is 0.300. The molecule has 1 atom stereocenters. The zero-order valence-corrected chi connectivity index (χ0v) is 16.3. The van der Waals surface area contributed by atoms with E-state index in [1.54, 1.807) is 4.68 Å². The minimum absolute atomic E-state index is 0.0140. The number of carbonyl (C=O) groups is 1. The summed E-state index contributed by atoms with van der Waals surface area (Å²) >= 11 is 1.34. The van der Waals surface area contributed by atoms with Gasteiger partial charge in [0.25, 0.3) is 0 Å². The highest BCUT2D eigenvalue weighted by molar-refractivity contribution is 7.99. The van der Waals surface area contributed by atoms with E-state index >= 15 is 0 Å². The Labute approximate surface area is 163 Å². The summed E-state index contributed by atoms with van der Waals surface area (Å²) in [5.41, 5.74) is 3.28. The van der Waals surface area contributed by atoms with Gasteiger partial charge in [-0.25, -0.2) is 0 Å². The third-order valence-electron chi connectivity index (χ3n) is 4.23. The Kier molecular flexibility index (Phi) is 6.59. The summed E-state index contributed by atoms with van der Waals surface area (Å²) in [7, 11) is 0. The molecule has 0 radical (unpaired) electrons. The number of carbonyl (C=O) groups excluding carboxylic acids is 1. The molecule has 1 amide bonds. The summed E-state index contributed by atoms with van der Waals surface area (Å²) in [5, 5.41) is 15.5. The molecule has 0 fully saturated rings. The lowest BCUT2D eigenvalue weighted by Crippen LogP contribution is -2.34. The lowest BCUT2D eigenvalue weighted by Gasteiger charge is -2.13. The topological polar surface area (TPSA) is 72.7 Å². The number of nitrogens with one attached hydrogen (secondary N) is 1. The van der Waals surface area contributed by atoms with Gasteiger partial charge in [0.15, 0.2) is 0 Å². The minimum Gasteiger partial charge on any atom is -0.353 e. The van der Waals surface area contributed by atoms with E-state index in [1.807, 2.05) is 56.3 Å². The Morgan fingerprint density at radius 1 is 1.15 bits per heavy atom. The largest absolute Gasteiger partial charge is 0.353 e. The minimum atomic E-state index is -0.0140. The van der Waals surface area contributed by atoms with Crippen molar-refractivity contribution in [2.24, 2.45) is 0 Å². The van der Waals surface area contributed by atoms with E-state index < -0.39 is 0 Å². The van der Waals surface area contributed by atoms with Gasteiger partial charge in [0, 0.05) is 6.04 Å². The maximum absolute atomic E-state index is 12.3. The van der Waals surface area contributed by atoms with Gasteiger partial charge in [-0.3, -0.25) is 4.79 Å². The molecule has 140 valence electrons. The molecule has 0 unspecified atom stereocenters. The molecular weight excluding hydrogens is 358 g/mol. The highest BCUT2D eigenvalue weighted by atomic mass is 32.2. The molecular formula is C20H23N5OS. The van der Waals surface area contributed by atoms with Crippen LogP contribution >= 0.6 is 11.8 Å². The van der Waals surface area contributed by atoms with E-state index in [4.69, 9.17) is 0 Å². The molecule has 0 spiro atoms. The van der Waals surface area contributed by atoms with Crippen molar-refractivity contribution in [2.45, 2.75) is 37.9 Å². The number of hydrogen-bond acceptors (Lipinski definition) is 5. The average Bonchev–Trinajstić information content (AvgIpc) is 3.14. The molecule has 1 heterocycles. The molecule has 3 rings (SSSR count).